The van der Waals surface area contributed by atoms with Crippen molar-refractivity contribution in [1.29, 1.82) is 0 Å². The van der Waals surface area contributed by atoms with E-state index in [1.807, 2.05) is 24.3 Å². The SMILES string of the molecule is O=C(Nc1cccc2cnccc12)NC1C2CN(c3c(F)cc(F)cc3F)CC21. The summed E-state index contributed by atoms with van der Waals surface area (Å²) >= 11 is 0. The van der Waals surface area contributed by atoms with Gasteiger partial charge in [-0.1, -0.05) is 12.1 Å². The number of rotatable bonds is 3. The van der Waals surface area contributed by atoms with E-state index < -0.39 is 17.5 Å². The lowest BCUT2D eigenvalue weighted by atomic mass is 10.1. The molecule has 0 spiro atoms. The van der Waals surface area contributed by atoms with Crippen molar-refractivity contribution >= 4 is 28.2 Å². The third-order valence-electron chi connectivity index (χ3n) is 5.72. The Morgan fingerprint density at radius 3 is 2.52 bits per heavy atom. The van der Waals surface area contributed by atoms with Crippen molar-refractivity contribution in [3.8, 4) is 0 Å². The summed E-state index contributed by atoms with van der Waals surface area (Å²) in [7, 11) is 0. The van der Waals surface area contributed by atoms with E-state index in [2.05, 4.69) is 15.6 Å². The predicted molar refractivity (Wildman–Crippen MR) is 103 cm³/mol. The number of carbonyl (C=O) groups excluding carboxylic acids is 1. The number of anilines is 2. The minimum atomic E-state index is -0.937. The fraction of sp³-hybridized carbons (Fsp3) is 0.238. The summed E-state index contributed by atoms with van der Waals surface area (Å²) in [5.41, 5.74) is 0.483. The van der Waals surface area contributed by atoms with Crippen LogP contribution in [0.15, 0.2) is 48.8 Å². The van der Waals surface area contributed by atoms with Gasteiger partial charge < -0.3 is 15.5 Å². The molecule has 1 aromatic heterocycles. The molecule has 2 unspecified atom stereocenters. The van der Waals surface area contributed by atoms with Gasteiger partial charge in [-0.05, 0) is 12.1 Å². The standard InChI is InChI=1S/C21H17F3N4O/c22-12-6-16(23)20(17(24)7-12)28-9-14-15(10-28)19(14)27-21(29)26-18-3-1-2-11-8-25-5-4-13(11)18/h1-8,14-15,19H,9-10H2,(H2,26,27,29). The highest BCUT2D eigenvalue weighted by atomic mass is 19.1. The third kappa shape index (κ3) is 3.14. The Morgan fingerprint density at radius 2 is 1.79 bits per heavy atom. The van der Waals surface area contributed by atoms with Crippen molar-refractivity contribution in [2.75, 3.05) is 23.3 Å². The number of pyridine rings is 1. The first-order valence-corrected chi connectivity index (χ1v) is 9.31. The van der Waals surface area contributed by atoms with Crippen LogP contribution < -0.4 is 15.5 Å². The molecule has 2 aliphatic rings. The van der Waals surface area contributed by atoms with E-state index >= 15 is 0 Å². The number of amides is 2. The molecular formula is C21H17F3N4O. The number of hydrogen-bond donors (Lipinski definition) is 2. The van der Waals surface area contributed by atoms with E-state index in [0.29, 0.717) is 30.9 Å². The zero-order valence-corrected chi connectivity index (χ0v) is 15.2. The minimum absolute atomic E-state index is 0.0468. The number of nitrogens with zero attached hydrogens (tertiary/aromatic N) is 2. The molecule has 1 aliphatic heterocycles. The lowest BCUT2D eigenvalue weighted by Crippen LogP contribution is -2.37. The van der Waals surface area contributed by atoms with Crippen molar-refractivity contribution in [2.24, 2.45) is 11.8 Å². The van der Waals surface area contributed by atoms with Crippen molar-refractivity contribution < 1.29 is 18.0 Å². The smallest absolute Gasteiger partial charge is 0.319 e. The second-order valence-electron chi connectivity index (χ2n) is 7.48. The van der Waals surface area contributed by atoms with Gasteiger partial charge in [0.2, 0.25) is 0 Å². The number of nitrogens with one attached hydrogen (secondary N) is 2. The van der Waals surface area contributed by atoms with Crippen LogP contribution >= 0.6 is 0 Å². The van der Waals surface area contributed by atoms with Crippen LogP contribution in [0, 0.1) is 29.3 Å². The van der Waals surface area contributed by atoms with E-state index in [4.69, 9.17) is 0 Å². The summed E-state index contributed by atoms with van der Waals surface area (Å²) < 4.78 is 41.1. The molecule has 5 nitrogen and oxygen atoms in total. The second kappa shape index (κ2) is 6.65. The molecule has 2 aromatic carbocycles. The van der Waals surface area contributed by atoms with Gasteiger partial charge in [0.05, 0.1) is 5.69 Å². The summed E-state index contributed by atoms with van der Waals surface area (Å²) in [4.78, 5) is 18.1. The number of fused-ring (bicyclic) bond motifs is 2. The van der Waals surface area contributed by atoms with Crippen LogP contribution in [0.4, 0.5) is 29.3 Å². The van der Waals surface area contributed by atoms with Crippen LogP contribution in [0.5, 0.6) is 0 Å². The quantitative estimate of drug-likeness (QED) is 0.704. The Hall–Kier alpha value is -3.29. The van der Waals surface area contributed by atoms with Gasteiger partial charge in [-0.2, -0.15) is 0 Å². The highest BCUT2D eigenvalue weighted by Gasteiger charge is 2.57. The van der Waals surface area contributed by atoms with Crippen molar-refractivity contribution in [1.82, 2.24) is 10.3 Å². The average molecular weight is 398 g/mol. The minimum Gasteiger partial charge on any atom is -0.366 e. The Balaban J connectivity index is 1.22. The van der Waals surface area contributed by atoms with Crippen molar-refractivity contribution in [2.45, 2.75) is 6.04 Å². The molecule has 0 radical (unpaired) electrons. The Bertz CT molecular complexity index is 1080. The first kappa shape index (κ1) is 17.8. The van der Waals surface area contributed by atoms with E-state index in [-0.39, 0.29) is 29.6 Å². The molecule has 2 atom stereocenters. The number of carbonyl (C=O) groups is 1. The molecule has 0 bridgehead atoms. The molecule has 8 heteroatoms. The van der Waals surface area contributed by atoms with Crippen LogP contribution in [0.2, 0.25) is 0 Å². The van der Waals surface area contributed by atoms with Gasteiger partial charge in [0.25, 0.3) is 0 Å². The summed E-state index contributed by atoms with van der Waals surface area (Å²) in [5, 5.41) is 7.61. The molecule has 2 fully saturated rings. The molecule has 1 saturated carbocycles. The monoisotopic (exact) mass is 398 g/mol. The van der Waals surface area contributed by atoms with Gasteiger partial charge >= 0.3 is 6.03 Å². The molecule has 1 aliphatic carbocycles. The van der Waals surface area contributed by atoms with Gasteiger partial charge in [-0.25, -0.2) is 18.0 Å². The zero-order chi connectivity index (χ0) is 20.1. The maximum atomic E-state index is 14.0. The molecular weight excluding hydrogens is 381 g/mol. The average Bonchev–Trinajstić information content (AvgIpc) is 3.10. The van der Waals surface area contributed by atoms with Crippen LogP contribution in [-0.4, -0.2) is 30.1 Å². The third-order valence-corrected chi connectivity index (χ3v) is 5.72. The van der Waals surface area contributed by atoms with Gasteiger partial charge in [0.15, 0.2) is 11.6 Å². The van der Waals surface area contributed by atoms with E-state index in [1.54, 1.807) is 17.3 Å². The lowest BCUT2D eigenvalue weighted by Gasteiger charge is -2.23. The summed E-state index contributed by atoms with van der Waals surface area (Å²) in [6.45, 7) is 0.823. The maximum Gasteiger partial charge on any atom is 0.319 e. The Labute approximate surface area is 164 Å². The molecule has 29 heavy (non-hydrogen) atoms. The molecule has 2 heterocycles. The number of halogens is 3. The van der Waals surface area contributed by atoms with Gasteiger partial charge in [-0.3, -0.25) is 4.98 Å². The normalized spacial score (nSPS) is 22.4. The molecule has 1 saturated heterocycles. The van der Waals surface area contributed by atoms with Gasteiger partial charge in [0, 0.05) is 66.3 Å². The van der Waals surface area contributed by atoms with E-state index in [0.717, 1.165) is 10.8 Å². The fourth-order valence-electron chi connectivity index (χ4n) is 4.30. The number of urea groups is 1. The number of aromatic nitrogens is 1. The molecule has 3 aromatic rings. The fourth-order valence-corrected chi connectivity index (χ4v) is 4.30. The zero-order valence-electron chi connectivity index (χ0n) is 15.2. The van der Waals surface area contributed by atoms with Crippen LogP contribution in [0.25, 0.3) is 10.8 Å². The summed E-state index contributed by atoms with van der Waals surface area (Å²) in [6, 6.07) is 8.41. The first-order chi connectivity index (χ1) is 14.0. The maximum absolute atomic E-state index is 14.0. The Morgan fingerprint density at radius 1 is 1.07 bits per heavy atom. The topological polar surface area (TPSA) is 57.3 Å². The molecule has 2 N–H and O–H groups in total. The van der Waals surface area contributed by atoms with E-state index in [9.17, 15) is 18.0 Å². The van der Waals surface area contributed by atoms with Gasteiger partial charge in [-0.15, -0.1) is 0 Å². The Kier molecular flexibility index (Phi) is 4.08. The van der Waals surface area contributed by atoms with Crippen molar-refractivity contribution in [3.05, 3.63) is 66.2 Å². The number of benzene rings is 2. The predicted octanol–water partition coefficient (Wildman–Crippen LogP) is 3.91. The summed E-state index contributed by atoms with van der Waals surface area (Å²) in [5.74, 6) is -2.52. The van der Waals surface area contributed by atoms with Crippen molar-refractivity contribution in [3.63, 3.8) is 0 Å². The lowest BCUT2D eigenvalue weighted by molar-refractivity contribution is 0.250. The number of hydrogen-bond acceptors (Lipinski definition) is 3. The number of piperidine rings is 1. The largest absolute Gasteiger partial charge is 0.366 e. The molecule has 2 amide bonds. The van der Waals surface area contributed by atoms with Crippen LogP contribution in [-0.2, 0) is 0 Å². The highest BCUT2D eigenvalue weighted by Crippen LogP contribution is 2.47. The van der Waals surface area contributed by atoms with E-state index in [1.165, 1.54) is 0 Å². The second-order valence-corrected chi connectivity index (χ2v) is 7.48. The van der Waals surface area contributed by atoms with Crippen LogP contribution in [0.1, 0.15) is 0 Å². The summed E-state index contributed by atoms with van der Waals surface area (Å²) in [6.07, 6.45) is 3.39. The first-order valence-electron chi connectivity index (χ1n) is 9.31. The molecule has 5 rings (SSSR count). The molecule has 148 valence electrons. The highest BCUT2D eigenvalue weighted by molar-refractivity contribution is 6.01. The van der Waals surface area contributed by atoms with Gasteiger partial charge in [0.1, 0.15) is 11.5 Å². The van der Waals surface area contributed by atoms with Crippen LogP contribution in [0.3, 0.4) is 0 Å².